The largest absolute Gasteiger partial charge is 0.389 e. The van der Waals surface area contributed by atoms with E-state index in [1.54, 1.807) is 0 Å². The Bertz CT molecular complexity index is 156. The summed E-state index contributed by atoms with van der Waals surface area (Å²) >= 11 is 0. The van der Waals surface area contributed by atoms with Gasteiger partial charge in [0.15, 0.2) is 0 Å². The highest BCUT2D eigenvalue weighted by molar-refractivity contribution is 5.75. The van der Waals surface area contributed by atoms with Crippen molar-refractivity contribution < 1.29 is 18.0 Å². The number of hydrogen-bond acceptors (Lipinski definition) is 1. The van der Waals surface area contributed by atoms with Crippen LogP contribution in [0, 0.1) is 0 Å². The van der Waals surface area contributed by atoms with E-state index in [-0.39, 0.29) is 18.9 Å². The molecule has 1 N–H and O–H groups in total. The van der Waals surface area contributed by atoms with E-state index in [2.05, 4.69) is 5.32 Å². The lowest BCUT2D eigenvalue weighted by molar-refractivity contribution is -0.136. The lowest BCUT2D eigenvalue weighted by Gasteiger charge is -2.06. The molecule has 0 saturated carbocycles. The molecule has 0 spiro atoms. The number of rotatable bonds is 5. The molecule has 78 valence electrons. The van der Waals surface area contributed by atoms with Crippen molar-refractivity contribution in [3.63, 3.8) is 0 Å². The predicted octanol–water partition coefficient (Wildman–Crippen LogP) is 2.25. The van der Waals surface area contributed by atoms with Gasteiger partial charge in [-0.2, -0.15) is 13.2 Å². The first-order chi connectivity index (χ1) is 5.95. The van der Waals surface area contributed by atoms with Crippen LogP contribution in [0.15, 0.2) is 0 Å². The van der Waals surface area contributed by atoms with Crippen LogP contribution in [0.4, 0.5) is 13.2 Å². The minimum atomic E-state index is -4.12. The van der Waals surface area contributed by atoms with Crippen molar-refractivity contribution in [1.29, 1.82) is 0 Å². The standard InChI is InChI=1S/C8H14F3NO/c1-2-4-7(13)12-6-3-5-8(9,10)11/h2-6H2,1H3,(H,12,13). The van der Waals surface area contributed by atoms with E-state index in [0.717, 1.165) is 0 Å². The summed E-state index contributed by atoms with van der Waals surface area (Å²) in [6.45, 7) is 1.95. The summed E-state index contributed by atoms with van der Waals surface area (Å²) in [6, 6.07) is 0. The number of nitrogens with one attached hydrogen (secondary N) is 1. The van der Waals surface area contributed by atoms with Gasteiger partial charge in [0, 0.05) is 19.4 Å². The summed E-state index contributed by atoms with van der Waals surface area (Å²) < 4.78 is 34.8. The second kappa shape index (κ2) is 5.83. The number of halogens is 3. The maximum Gasteiger partial charge on any atom is 0.389 e. The van der Waals surface area contributed by atoms with Gasteiger partial charge in [0.2, 0.25) is 5.91 Å². The monoisotopic (exact) mass is 197 g/mol. The van der Waals surface area contributed by atoms with E-state index in [4.69, 9.17) is 0 Å². The molecule has 0 saturated heterocycles. The van der Waals surface area contributed by atoms with Gasteiger partial charge >= 0.3 is 6.18 Å². The molecule has 0 atom stereocenters. The number of carbonyl (C=O) groups excluding carboxylic acids is 1. The Morgan fingerprint density at radius 2 is 2.00 bits per heavy atom. The van der Waals surface area contributed by atoms with E-state index in [1.807, 2.05) is 6.92 Å². The van der Waals surface area contributed by atoms with Crippen molar-refractivity contribution in [2.45, 2.75) is 38.8 Å². The summed E-state index contributed by atoms with van der Waals surface area (Å²) in [6.07, 6.45) is -3.90. The van der Waals surface area contributed by atoms with Crippen LogP contribution in [0.1, 0.15) is 32.6 Å². The molecule has 0 aromatic heterocycles. The second-order valence-corrected chi connectivity index (χ2v) is 2.82. The minimum absolute atomic E-state index is 0.0427. The van der Waals surface area contributed by atoms with Crippen molar-refractivity contribution in [2.24, 2.45) is 0 Å². The third kappa shape index (κ3) is 9.17. The third-order valence-electron chi connectivity index (χ3n) is 1.44. The van der Waals surface area contributed by atoms with Gasteiger partial charge in [-0.25, -0.2) is 0 Å². The molecule has 0 bridgehead atoms. The SMILES string of the molecule is CCCC(=O)NCCCC(F)(F)F. The Hall–Kier alpha value is -0.740. The Morgan fingerprint density at radius 3 is 2.46 bits per heavy atom. The van der Waals surface area contributed by atoms with Crippen LogP contribution in [0.25, 0.3) is 0 Å². The maximum absolute atomic E-state index is 11.6. The smallest absolute Gasteiger partial charge is 0.356 e. The second-order valence-electron chi connectivity index (χ2n) is 2.82. The molecule has 0 aliphatic carbocycles. The Morgan fingerprint density at radius 1 is 1.38 bits per heavy atom. The quantitative estimate of drug-likeness (QED) is 0.673. The van der Waals surface area contributed by atoms with Gasteiger partial charge < -0.3 is 5.32 Å². The molecule has 2 nitrogen and oxygen atoms in total. The number of amides is 1. The average Bonchev–Trinajstić information content (AvgIpc) is 1.97. The molecule has 0 aromatic carbocycles. The molecular weight excluding hydrogens is 183 g/mol. The number of hydrogen-bond donors (Lipinski definition) is 1. The van der Waals surface area contributed by atoms with Crippen LogP contribution < -0.4 is 5.32 Å². The molecule has 0 aromatic rings. The van der Waals surface area contributed by atoms with Crippen LogP contribution in [-0.2, 0) is 4.79 Å². The first kappa shape index (κ1) is 12.3. The van der Waals surface area contributed by atoms with Gasteiger partial charge in [0.1, 0.15) is 0 Å². The zero-order chi connectivity index (χ0) is 10.3. The molecule has 0 aliphatic rings. The van der Waals surface area contributed by atoms with Crippen LogP contribution in [0.2, 0.25) is 0 Å². The summed E-state index contributed by atoms with van der Waals surface area (Å²) in [7, 11) is 0. The zero-order valence-electron chi connectivity index (χ0n) is 7.58. The average molecular weight is 197 g/mol. The van der Waals surface area contributed by atoms with Crippen LogP contribution in [-0.4, -0.2) is 18.6 Å². The summed E-state index contributed by atoms with van der Waals surface area (Å²) in [5, 5.41) is 2.42. The van der Waals surface area contributed by atoms with Crippen molar-refractivity contribution in [3.8, 4) is 0 Å². The molecule has 0 unspecified atom stereocenters. The van der Waals surface area contributed by atoms with Gasteiger partial charge in [0.05, 0.1) is 0 Å². The molecule has 0 fully saturated rings. The highest BCUT2D eigenvalue weighted by Gasteiger charge is 2.25. The molecule has 0 rings (SSSR count). The summed E-state index contributed by atoms with van der Waals surface area (Å²) in [5.41, 5.74) is 0. The number of carbonyl (C=O) groups is 1. The Balaban J connectivity index is 3.31. The highest BCUT2D eigenvalue weighted by atomic mass is 19.4. The van der Waals surface area contributed by atoms with E-state index in [0.29, 0.717) is 12.8 Å². The fraction of sp³-hybridized carbons (Fsp3) is 0.875. The van der Waals surface area contributed by atoms with Crippen molar-refractivity contribution >= 4 is 5.91 Å². The topological polar surface area (TPSA) is 29.1 Å². The van der Waals surface area contributed by atoms with E-state index >= 15 is 0 Å². The van der Waals surface area contributed by atoms with Crippen molar-refractivity contribution in [1.82, 2.24) is 5.32 Å². The van der Waals surface area contributed by atoms with Gasteiger partial charge in [-0.05, 0) is 12.8 Å². The van der Waals surface area contributed by atoms with E-state index in [9.17, 15) is 18.0 Å². The molecular formula is C8H14F3NO. The molecule has 1 amide bonds. The fourth-order valence-corrected chi connectivity index (χ4v) is 0.832. The molecule has 0 aliphatic heterocycles. The fourth-order valence-electron chi connectivity index (χ4n) is 0.832. The lowest BCUT2D eigenvalue weighted by atomic mass is 10.3. The molecule has 0 radical (unpaired) electrons. The normalized spacial score (nSPS) is 11.4. The first-order valence-corrected chi connectivity index (χ1v) is 4.29. The van der Waals surface area contributed by atoms with Gasteiger partial charge in [-0.1, -0.05) is 6.92 Å². The van der Waals surface area contributed by atoms with Crippen LogP contribution in [0.3, 0.4) is 0 Å². The Labute approximate surface area is 75.5 Å². The molecule has 13 heavy (non-hydrogen) atoms. The van der Waals surface area contributed by atoms with Crippen molar-refractivity contribution in [3.05, 3.63) is 0 Å². The highest BCUT2D eigenvalue weighted by Crippen LogP contribution is 2.20. The lowest BCUT2D eigenvalue weighted by Crippen LogP contribution is -2.25. The van der Waals surface area contributed by atoms with Gasteiger partial charge in [0.25, 0.3) is 0 Å². The first-order valence-electron chi connectivity index (χ1n) is 4.29. The van der Waals surface area contributed by atoms with Crippen LogP contribution in [0.5, 0.6) is 0 Å². The molecule has 5 heteroatoms. The van der Waals surface area contributed by atoms with Crippen molar-refractivity contribution in [2.75, 3.05) is 6.54 Å². The maximum atomic E-state index is 11.6. The predicted molar refractivity (Wildman–Crippen MR) is 43.2 cm³/mol. The van der Waals surface area contributed by atoms with Crippen LogP contribution >= 0.6 is 0 Å². The zero-order valence-corrected chi connectivity index (χ0v) is 7.58. The van der Waals surface area contributed by atoms with Gasteiger partial charge in [-0.3, -0.25) is 4.79 Å². The number of alkyl halides is 3. The van der Waals surface area contributed by atoms with Gasteiger partial charge in [-0.15, -0.1) is 0 Å². The summed E-state index contributed by atoms with van der Waals surface area (Å²) in [4.78, 5) is 10.8. The van der Waals surface area contributed by atoms with E-state index in [1.165, 1.54) is 0 Å². The minimum Gasteiger partial charge on any atom is -0.356 e. The molecule has 0 heterocycles. The third-order valence-corrected chi connectivity index (χ3v) is 1.44. The summed E-state index contributed by atoms with van der Waals surface area (Å²) in [5.74, 6) is -0.176. The Kier molecular flexibility index (Phi) is 5.50. The van der Waals surface area contributed by atoms with E-state index < -0.39 is 12.6 Å².